The Morgan fingerprint density at radius 1 is 1.20 bits per heavy atom. The van der Waals surface area contributed by atoms with Gasteiger partial charge in [-0.3, -0.25) is 9.69 Å². The second kappa shape index (κ2) is 8.72. The van der Waals surface area contributed by atoms with Gasteiger partial charge in [-0.1, -0.05) is 29.3 Å². The summed E-state index contributed by atoms with van der Waals surface area (Å²) in [5, 5.41) is 4.64. The smallest absolute Gasteiger partial charge is 0.225 e. The number of amides is 1. The maximum Gasteiger partial charge on any atom is 0.225 e. The second-order valence-corrected chi connectivity index (χ2v) is 8.06. The molecule has 2 heterocycles. The summed E-state index contributed by atoms with van der Waals surface area (Å²) in [6.45, 7) is 7.71. The highest BCUT2D eigenvalue weighted by molar-refractivity contribution is 6.42. The van der Waals surface area contributed by atoms with Crippen LogP contribution in [0.4, 0.5) is 0 Å². The highest BCUT2D eigenvalue weighted by atomic mass is 35.5. The van der Waals surface area contributed by atoms with Gasteiger partial charge < -0.3 is 10.2 Å². The van der Waals surface area contributed by atoms with Crippen LogP contribution < -0.4 is 5.32 Å². The van der Waals surface area contributed by atoms with Crippen LogP contribution in [-0.4, -0.2) is 61.0 Å². The van der Waals surface area contributed by atoms with E-state index in [1.165, 1.54) is 5.56 Å². The topological polar surface area (TPSA) is 35.6 Å². The molecule has 0 aromatic heterocycles. The molecular weight excluding hydrogens is 357 g/mol. The van der Waals surface area contributed by atoms with Crippen molar-refractivity contribution in [1.82, 2.24) is 15.1 Å². The van der Waals surface area contributed by atoms with Crippen LogP contribution >= 0.6 is 23.2 Å². The molecular formula is C19H27Cl2N3O. The Kier molecular flexibility index (Phi) is 6.61. The Balaban J connectivity index is 1.43. The standard InChI is InChI=1S/C19H27Cl2N3O/c1-14-12-16(4-6-22-14)19(25)24-10-8-23(9-11-24)7-5-15-2-3-17(20)18(21)13-15/h2-3,13-14,16,22H,4-12H2,1H3/t14-,16-/m0/s1. The largest absolute Gasteiger partial charge is 0.340 e. The predicted octanol–water partition coefficient (Wildman–Crippen LogP) is 3.07. The van der Waals surface area contributed by atoms with Crippen molar-refractivity contribution < 1.29 is 4.79 Å². The zero-order chi connectivity index (χ0) is 17.8. The molecule has 0 unspecified atom stereocenters. The van der Waals surface area contributed by atoms with Gasteiger partial charge in [-0.05, 0) is 50.4 Å². The fraction of sp³-hybridized carbons (Fsp3) is 0.632. The third-order valence-electron chi connectivity index (χ3n) is 5.36. The number of nitrogens with zero attached hydrogens (tertiary/aromatic N) is 2. The summed E-state index contributed by atoms with van der Waals surface area (Å²) in [6.07, 6.45) is 2.90. The van der Waals surface area contributed by atoms with Crippen molar-refractivity contribution in [3.8, 4) is 0 Å². The third kappa shape index (κ3) is 5.10. The van der Waals surface area contributed by atoms with Gasteiger partial charge in [-0.15, -0.1) is 0 Å². The van der Waals surface area contributed by atoms with Crippen molar-refractivity contribution in [2.75, 3.05) is 39.3 Å². The van der Waals surface area contributed by atoms with Gasteiger partial charge in [0.05, 0.1) is 10.0 Å². The molecule has 0 aliphatic carbocycles. The fourth-order valence-electron chi connectivity index (χ4n) is 3.79. The molecule has 0 radical (unpaired) electrons. The van der Waals surface area contributed by atoms with Crippen LogP contribution in [0.1, 0.15) is 25.3 Å². The number of rotatable bonds is 4. The Labute approximate surface area is 160 Å². The van der Waals surface area contributed by atoms with E-state index < -0.39 is 0 Å². The lowest BCUT2D eigenvalue weighted by molar-refractivity contribution is -0.138. The molecule has 1 N–H and O–H groups in total. The van der Waals surface area contributed by atoms with Crippen LogP contribution in [-0.2, 0) is 11.2 Å². The van der Waals surface area contributed by atoms with Crippen LogP contribution in [0.15, 0.2) is 18.2 Å². The second-order valence-electron chi connectivity index (χ2n) is 7.24. The van der Waals surface area contributed by atoms with E-state index in [0.29, 0.717) is 22.0 Å². The SMILES string of the molecule is C[C@H]1C[C@@H](C(=O)N2CCN(CCc3ccc(Cl)c(Cl)c3)CC2)CCN1. The van der Waals surface area contributed by atoms with Gasteiger partial charge in [0.1, 0.15) is 0 Å². The van der Waals surface area contributed by atoms with Crippen LogP contribution in [0.2, 0.25) is 10.0 Å². The number of piperidine rings is 1. The van der Waals surface area contributed by atoms with Gasteiger partial charge in [0, 0.05) is 44.7 Å². The first-order valence-electron chi connectivity index (χ1n) is 9.21. The summed E-state index contributed by atoms with van der Waals surface area (Å²) < 4.78 is 0. The molecule has 4 nitrogen and oxygen atoms in total. The Bertz CT molecular complexity index is 602. The zero-order valence-corrected chi connectivity index (χ0v) is 16.3. The molecule has 6 heteroatoms. The number of piperazine rings is 1. The summed E-state index contributed by atoms with van der Waals surface area (Å²) in [5.41, 5.74) is 1.21. The van der Waals surface area contributed by atoms with Gasteiger partial charge in [0.25, 0.3) is 0 Å². The van der Waals surface area contributed by atoms with E-state index in [4.69, 9.17) is 23.2 Å². The highest BCUT2D eigenvalue weighted by Gasteiger charge is 2.30. The van der Waals surface area contributed by atoms with E-state index in [9.17, 15) is 4.79 Å². The first-order chi connectivity index (χ1) is 12.0. The minimum atomic E-state index is 0.207. The minimum Gasteiger partial charge on any atom is -0.340 e. The first kappa shape index (κ1) is 19.0. The Morgan fingerprint density at radius 2 is 1.96 bits per heavy atom. The van der Waals surface area contributed by atoms with Crippen LogP contribution in [0.25, 0.3) is 0 Å². The molecule has 2 fully saturated rings. The number of carbonyl (C=O) groups excluding carboxylic acids is 1. The molecule has 1 aromatic rings. The van der Waals surface area contributed by atoms with Crippen molar-refractivity contribution in [3.63, 3.8) is 0 Å². The van der Waals surface area contributed by atoms with Crippen molar-refractivity contribution in [2.24, 2.45) is 5.92 Å². The van der Waals surface area contributed by atoms with E-state index in [-0.39, 0.29) is 5.92 Å². The molecule has 2 atom stereocenters. The maximum atomic E-state index is 12.7. The van der Waals surface area contributed by atoms with Crippen LogP contribution in [0, 0.1) is 5.92 Å². The van der Waals surface area contributed by atoms with Gasteiger partial charge in [0.2, 0.25) is 5.91 Å². The zero-order valence-electron chi connectivity index (χ0n) is 14.8. The molecule has 3 rings (SSSR count). The van der Waals surface area contributed by atoms with E-state index in [2.05, 4.69) is 22.0 Å². The lowest BCUT2D eigenvalue weighted by Gasteiger charge is -2.38. The normalized spacial score (nSPS) is 25.2. The average Bonchev–Trinajstić information content (AvgIpc) is 2.62. The highest BCUT2D eigenvalue weighted by Crippen LogP contribution is 2.23. The number of halogens is 2. The van der Waals surface area contributed by atoms with E-state index in [1.807, 2.05) is 18.2 Å². The van der Waals surface area contributed by atoms with E-state index >= 15 is 0 Å². The number of carbonyl (C=O) groups is 1. The van der Waals surface area contributed by atoms with Gasteiger partial charge in [-0.2, -0.15) is 0 Å². The molecule has 2 saturated heterocycles. The molecule has 138 valence electrons. The lowest BCUT2D eigenvalue weighted by Crippen LogP contribution is -2.52. The summed E-state index contributed by atoms with van der Waals surface area (Å²) in [5.74, 6) is 0.566. The fourth-order valence-corrected chi connectivity index (χ4v) is 4.11. The monoisotopic (exact) mass is 383 g/mol. The van der Waals surface area contributed by atoms with E-state index in [0.717, 1.165) is 58.5 Å². The van der Waals surface area contributed by atoms with Crippen molar-refractivity contribution in [3.05, 3.63) is 33.8 Å². The summed E-state index contributed by atoms with van der Waals surface area (Å²) >= 11 is 12.0. The lowest BCUT2D eigenvalue weighted by atomic mass is 9.92. The molecule has 25 heavy (non-hydrogen) atoms. The number of hydrogen-bond donors (Lipinski definition) is 1. The number of nitrogens with one attached hydrogen (secondary N) is 1. The molecule has 2 aliphatic heterocycles. The first-order valence-corrected chi connectivity index (χ1v) is 9.97. The molecule has 0 spiro atoms. The maximum absolute atomic E-state index is 12.7. The molecule has 0 saturated carbocycles. The molecule has 0 bridgehead atoms. The van der Waals surface area contributed by atoms with E-state index in [1.54, 1.807) is 0 Å². The van der Waals surface area contributed by atoms with Gasteiger partial charge in [0.15, 0.2) is 0 Å². The molecule has 1 amide bonds. The summed E-state index contributed by atoms with van der Waals surface area (Å²) in [4.78, 5) is 17.2. The van der Waals surface area contributed by atoms with Crippen LogP contribution in [0.3, 0.4) is 0 Å². The van der Waals surface area contributed by atoms with Crippen LogP contribution in [0.5, 0.6) is 0 Å². The van der Waals surface area contributed by atoms with Crippen molar-refractivity contribution in [2.45, 2.75) is 32.2 Å². The van der Waals surface area contributed by atoms with Crippen molar-refractivity contribution >= 4 is 29.1 Å². The average molecular weight is 384 g/mol. The quantitative estimate of drug-likeness (QED) is 0.867. The Hall–Kier alpha value is -0.810. The summed E-state index contributed by atoms with van der Waals surface area (Å²) in [7, 11) is 0. The summed E-state index contributed by atoms with van der Waals surface area (Å²) in [6, 6.07) is 6.29. The number of benzene rings is 1. The predicted molar refractivity (Wildman–Crippen MR) is 103 cm³/mol. The Morgan fingerprint density at radius 3 is 2.64 bits per heavy atom. The minimum absolute atomic E-state index is 0.207. The third-order valence-corrected chi connectivity index (χ3v) is 6.10. The van der Waals surface area contributed by atoms with Gasteiger partial charge >= 0.3 is 0 Å². The molecule has 1 aromatic carbocycles. The number of hydrogen-bond acceptors (Lipinski definition) is 3. The molecule has 2 aliphatic rings. The van der Waals surface area contributed by atoms with Crippen molar-refractivity contribution in [1.29, 1.82) is 0 Å². The van der Waals surface area contributed by atoms with Gasteiger partial charge in [-0.25, -0.2) is 0 Å².